The number of fused-ring (bicyclic) bond motifs is 1. The van der Waals surface area contributed by atoms with Crippen molar-refractivity contribution in [2.45, 2.75) is 19.3 Å². The van der Waals surface area contributed by atoms with Crippen LogP contribution in [0.4, 0.5) is 0 Å². The van der Waals surface area contributed by atoms with Crippen molar-refractivity contribution in [3.05, 3.63) is 54.4 Å². The number of nitrogens with zero attached hydrogens (tertiary/aromatic N) is 4. The maximum absolute atomic E-state index is 13.1. The molecule has 0 aliphatic carbocycles. The Hall–Kier alpha value is -2.44. The first-order valence-electron chi connectivity index (χ1n) is 9.64. The van der Waals surface area contributed by atoms with Crippen molar-refractivity contribution in [2.75, 3.05) is 26.2 Å². The number of carbonyl (C=O) groups is 1. The van der Waals surface area contributed by atoms with E-state index in [1.54, 1.807) is 16.9 Å². The highest BCUT2D eigenvalue weighted by atomic mass is 35.5. The predicted octanol–water partition coefficient (Wildman–Crippen LogP) is 3.03. The lowest BCUT2D eigenvalue weighted by Crippen LogP contribution is -2.44. The van der Waals surface area contributed by atoms with E-state index in [4.69, 9.17) is 0 Å². The van der Waals surface area contributed by atoms with Gasteiger partial charge in [-0.05, 0) is 37.3 Å². The van der Waals surface area contributed by atoms with Gasteiger partial charge in [-0.2, -0.15) is 5.10 Å². The number of likely N-dealkylation sites (tertiary alicyclic amines) is 1. The lowest BCUT2D eigenvalue weighted by Gasteiger charge is -2.38. The minimum absolute atomic E-state index is 0. The van der Waals surface area contributed by atoms with Crippen LogP contribution in [-0.2, 0) is 0 Å². The van der Waals surface area contributed by atoms with Crippen molar-refractivity contribution in [3.8, 4) is 11.3 Å². The maximum Gasteiger partial charge on any atom is 0.259 e. The SMILES string of the molecule is Cl.O=C(c1cnn2c(-c3ccccc3)ccnc12)N1CCC2(CCNC2)CC1. The van der Waals surface area contributed by atoms with Crippen LogP contribution in [0.3, 0.4) is 0 Å². The summed E-state index contributed by atoms with van der Waals surface area (Å²) < 4.78 is 1.77. The normalized spacial score (nSPS) is 18.4. The third-order valence-corrected chi connectivity index (χ3v) is 6.14. The summed E-state index contributed by atoms with van der Waals surface area (Å²) in [5, 5.41) is 7.95. The summed E-state index contributed by atoms with van der Waals surface area (Å²) in [5.74, 6) is 0.0449. The molecule has 2 aromatic heterocycles. The second-order valence-electron chi connectivity index (χ2n) is 7.71. The number of carbonyl (C=O) groups excluding carboxylic acids is 1. The van der Waals surface area contributed by atoms with E-state index in [1.807, 2.05) is 41.3 Å². The van der Waals surface area contributed by atoms with Crippen LogP contribution in [0.5, 0.6) is 0 Å². The molecule has 1 N–H and O–H groups in total. The van der Waals surface area contributed by atoms with Gasteiger partial charge in [0.1, 0.15) is 5.56 Å². The predicted molar refractivity (Wildman–Crippen MR) is 111 cm³/mol. The van der Waals surface area contributed by atoms with Crippen molar-refractivity contribution in [2.24, 2.45) is 5.41 Å². The van der Waals surface area contributed by atoms with Crippen molar-refractivity contribution in [3.63, 3.8) is 0 Å². The fraction of sp³-hybridized carbons (Fsp3) is 0.381. The number of halogens is 1. The van der Waals surface area contributed by atoms with E-state index in [-0.39, 0.29) is 18.3 Å². The summed E-state index contributed by atoms with van der Waals surface area (Å²) >= 11 is 0. The first-order chi connectivity index (χ1) is 13.3. The van der Waals surface area contributed by atoms with Crippen LogP contribution in [0.1, 0.15) is 29.6 Å². The lowest BCUT2D eigenvalue weighted by atomic mass is 9.78. The smallest absolute Gasteiger partial charge is 0.259 e. The molecular formula is C21H24ClN5O. The third-order valence-electron chi connectivity index (χ3n) is 6.14. The van der Waals surface area contributed by atoms with Crippen molar-refractivity contribution >= 4 is 24.0 Å². The number of nitrogens with one attached hydrogen (secondary N) is 1. The van der Waals surface area contributed by atoms with Gasteiger partial charge in [-0.25, -0.2) is 9.50 Å². The lowest BCUT2D eigenvalue weighted by molar-refractivity contribution is 0.0609. The van der Waals surface area contributed by atoms with E-state index in [2.05, 4.69) is 15.4 Å². The Balaban J connectivity index is 0.00000192. The Morgan fingerprint density at radius 2 is 1.86 bits per heavy atom. The second kappa shape index (κ2) is 7.53. The van der Waals surface area contributed by atoms with Crippen molar-refractivity contribution in [1.82, 2.24) is 24.8 Å². The highest BCUT2D eigenvalue weighted by molar-refractivity contribution is 6.00. The van der Waals surface area contributed by atoms with Gasteiger partial charge in [-0.1, -0.05) is 30.3 Å². The highest BCUT2D eigenvalue weighted by Gasteiger charge is 2.38. The van der Waals surface area contributed by atoms with E-state index in [0.717, 1.165) is 50.3 Å². The molecule has 1 aromatic carbocycles. The second-order valence-corrected chi connectivity index (χ2v) is 7.71. The summed E-state index contributed by atoms with van der Waals surface area (Å²) in [6, 6.07) is 12.0. The molecule has 0 bridgehead atoms. The van der Waals surface area contributed by atoms with Gasteiger partial charge < -0.3 is 10.2 Å². The van der Waals surface area contributed by atoms with E-state index < -0.39 is 0 Å². The van der Waals surface area contributed by atoms with Crippen LogP contribution in [-0.4, -0.2) is 51.6 Å². The average molecular weight is 398 g/mol. The van der Waals surface area contributed by atoms with Crippen molar-refractivity contribution < 1.29 is 4.79 Å². The van der Waals surface area contributed by atoms with Gasteiger partial charge in [0, 0.05) is 31.4 Å². The van der Waals surface area contributed by atoms with Gasteiger partial charge >= 0.3 is 0 Å². The first kappa shape index (κ1) is 18.9. The minimum Gasteiger partial charge on any atom is -0.338 e. The van der Waals surface area contributed by atoms with Crippen LogP contribution in [0.15, 0.2) is 48.8 Å². The van der Waals surface area contributed by atoms with Crippen LogP contribution < -0.4 is 5.32 Å². The molecule has 0 unspecified atom stereocenters. The third kappa shape index (κ3) is 3.16. The average Bonchev–Trinajstić information content (AvgIpc) is 3.36. The summed E-state index contributed by atoms with van der Waals surface area (Å²) in [4.78, 5) is 19.6. The molecule has 3 aromatic rings. The molecule has 4 heterocycles. The Bertz CT molecular complexity index is 971. The summed E-state index contributed by atoms with van der Waals surface area (Å²) in [6.07, 6.45) is 6.80. The number of hydrogen-bond donors (Lipinski definition) is 1. The van der Waals surface area contributed by atoms with Gasteiger partial charge in [0.05, 0.1) is 11.9 Å². The van der Waals surface area contributed by atoms with Crippen molar-refractivity contribution in [1.29, 1.82) is 0 Å². The summed E-state index contributed by atoms with van der Waals surface area (Å²) in [5.41, 5.74) is 3.61. The topological polar surface area (TPSA) is 62.5 Å². The number of amides is 1. The molecule has 6 nitrogen and oxygen atoms in total. The zero-order valence-electron chi connectivity index (χ0n) is 15.7. The van der Waals surface area contributed by atoms with Gasteiger partial charge in [-0.15, -0.1) is 12.4 Å². The van der Waals surface area contributed by atoms with Crippen LogP contribution in [0, 0.1) is 5.41 Å². The standard InChI is InChI=1S/C21H23N5O.ClH/c27-20(25-12-8-21(9-13-25)7-11-22-15-21)17-14-24-26-18(6-10-23-19(17)26)16-4-2-1-3-5-16;/h1-6,10,14,22H,7-9,11-13,15H2;1H. The molecule has 5 rings (SSSR count). The number of hydrogen-bond acceptors (Lipinski definition) is 4. The fourth-order valence-corrected chi connectivity index (χ4v) is 4.45. The van der Waals surface area contributed by atoms with Gasteiger partial charge in [0.15, 0.2) is 5.65 Å². The Labute approximate surface area is 170 Å². The molecule has 7 heteroatoms. The molecular weight excluding hydrogens is 374 g/mol. The van der Waals surface area contributed by atoms with Crippen LogP contribution in [0.2, 0.25) is 0 Å². The minimum atomic E-state index is 0. The summed E-state index contributed by atoms with van der Waals surface area (Å²) in [6.45, 7) is 3.83. The van der Waals surface area contributed by atoms with Gasteiger partial charge in [0.2, 0.25) is 0 Å². The van der Waals surface area contributed by atoms with E-state index in [1.165, 1.54) is 6.42 Å². The zero-order valence-corrected chi connectivity index (χ0v) is 16.5. The van der Waals surface area contributed by atoms with Crippen LogP contribution in [0.25, 0.3) is 16.9 Å². The largest absolute Gasteiger partial charge is 0.338 e. The fourth-order valence-electron chi connectivity index (χ4n) is 4.45. The van der Waals surface area contributed by atoms with Gasteiger partial charge in [0.25, 0.3) is 5.91 Å². The van der Waals surface area contributed by atoms with Gasteiger partial charge in [-0.3, -0.25) is 4.79 Å². The zero-order chi connectivity index (χ0) is 18.3. The molecule has 146 valence electrons. The molecule has 2 aliphatic rings. The number of aromatic nitrogens is 3. The maximum atomic E-state index is 13.1. The monoisotopic (exact) mass is 397 g/mol. The molecule has 2 fully saturated rings. The molecule has 2 saturated heterocycles. The first-order valence-corrected chi connectivity index (χ1v) is 9.64. The van der Waals surface area contributed by atoms with E-state index >= 15 is 0 Å². The van der Waals surface area contributed by atoms with E-state index in [0.29, 0.717) is 16.6 Å². The Kier molecular flexibility index (Phi) is 5.08. The molecule has 0 atom stereocenters. The Morgan fingerprint density at radius 1 is 1.07 bits per heavy atom. The molecule has 1 amide bonds. The molecule has 0 radical (unpaired) electrons. The molecule has 0 saturated carbocycles. The number of benzene rings is 1. The molecule has 2 aliphatic heterocycles. The summed E-state index contributed by atoms with van der Waals surface area (Å²) in [7, 11) is 0. The quantitative estimate of drug-likeness (QED) is 0.722. The van der Waals surface area contributed by atoms with E-state index in [9.17, 15) is 4.79 Å². The molecule has 28 heavy (non-hydrogen) atoms. The highest BCUT2D eigenvalue weighted by Crippen LogP contribution is 2.37. The number of rotatable bonds is 2. The number of piperidine rings is 1. The van der Waals surface area contributed by atoms with Crippen LogP contribution >= 0.6 is 12.4 Å². The Morgan fingerprint density at radius 3 is 2.57 bits per heavy atom. The molecule has 1 spiro atoms.